The van der Waals surface area contributed by atoms with Crippen molar-refractivity contribution >= 4 is 0 Å². The predicted molar refractivity (Wildman–Crippen MR) is 60.7 cm³/mol. The third-order valence-electron chi connectivity index (χ3n) is 2.14. The van der Waals surface area contributed by atoms with Crippen LogP contribution in [0.4, 0.5) is 0 Å². The SMILES string of the molecule is CCC#CNC(C)(C)c1ccccc1. The van der Waals surface area contributed by atoms with Crippen molar-refractivity contribution in [3.8, 4) is 12.0 Å². The minimum atomic E-state index is -0.0799. The Morgan fingerprint density at radius 2 is 1.86 bits per heavy atom. The Balaban J connectivity index is 2.75. The minimum Gasteiger partial charge on any atom is -0.336 e. The molecule has 0 saturated carbocycles. The predicted octanol–water partition coefficient (Wildman–Crippen LogP) is 2.88. The maximum Gasteiger partial charge on any atom is 0.0643 e. The summed E-state index contributed by atoms with van der Waals surface area (Å²) >= 11 is 0. The summed E-state index contributed by atoms with van der Waals surface area (Å²) in [5.41, 5.74) is 1.18. The summed E-state index contributed by atoms with van der Waals surface area (Å²) in [7, 11) is 0. The third kappa shape index (κ3) is 2.81. The van der Waals surface area contributed by atoms with E-state index in [1.54, 1.807) is 0 Å². The van der Waals surface area contributed by atoms with Crippen molar-refractivity contribution in [3.63, 3.8) is 0 Å². The van der Waals surface area contributed by atoms with Gasteiger partial charge in [0.2, 0.25) is 0 Å². The minimum absolute atomic E-state index is 0.0799. The van der Waals surface area contributed by atoms with Crippen LogP contribution in [0.2, 0.25) is 0 Å². The normalized spacial score (nSPS) is 10.2. The number of hydrogen-bond acceptors (Lipinski definition) is 1. The van der Waals surface area contributed by atoms with Gasteiger partial charge in [0, 0.05) is 12.5 Å². The summed E-state index contributed by atoms with van der Waals surface area (Å²) in [6, 6.07) is 13.3. The Morgan fingerprint density at radius 1 is 1.21 bits per heavy atom. The molecule has 0 fully saturated rings. The van der Waals surface area contributed by atoms with Crippen molar-refractivity contribution in [2.75, 3.05) is 0 Å². The van der Waals surface area contributed by atoms with Crippen LogP contribution in [0.1, 0.15) is 32.8 Å². The van der Waals surface area contributed by atoms with Crippen molar-refractivity contribution in [2.24, 2.45) is 0 Å². The lowest BCUT2D eigenvalue weighted by atomic mass is 9.95. The second-order valence-corrected chi connectivity index (χ2v) is 3.77. The molecule has 0 radical (unpaired) electrons. The van der Waals surface area contributed by atoms with Crippen LogP contribution in [0, 0.1) is 12.0 Å². The molecule has 0 amide bonds. The van der Waals surface area contributed by atoms with Crippen LogP contribution >= 0.6 is 0 Å². The highest BCUT2D eigenvalue weighted by molar-refractivity contribution is 5.24. The van der Waals surface area contributed by atoms with Gasteiger partial charge >= 0.3 is 0 Å². The number of rotatable bonds is 2. The molecule has 1 rings (SSSR count). The van der Waals surface area contributed by atoms with Crippen molar-refractivity contribution in [3.05, 3.63) is 35.9 Å². The first-order valence-corrected chi connectivity index (χ1v) is 4.97. The van der Waals surface area contributed by atoms with Gasteiger partial charge in [0.05, 0.1) is 5.54 Å². The molecule has 0 bridgehead atoms. The lowest BCUT2D eigenvalue weighted by Gasteiger charge is -2.24. The van der Waals surface area contributed by atoms with E-state index < -0.39 is 0 Å². The maximum absolute atomic E-state index is 3.22. The molecular weight excluding hydrogens is 170 g/mol. The molecule has 0 saturated heterocycles. The molecule has 1 nitrogen and oxygen atoms in total. The van der Waals surface area contributed by atoms with Gasteiger partial charge in [-0.15, -0.1) is 0 Å². The molecule has 0 atom stereocenters. The quantitative estimate of drug-likeness (QED) is 0.554. The largest absolute Gasteiger partial charge is 0.336 e. The molecule has 0 heterocycles. The fourth-order valence-electron chi connectivity index (χ4n) is 1.22. The van der Waals surface area contributed by atoms with Gasteiger partial charge in [0.15, 0.2) is 0 Å². The summed E-state index contributed by atoms with van der Waals surface area (Å²) in [4.78, 5) is 0. The fraction of sp³-hybridized carbons (Fsp3) is 0.385. The van der Waals surface area contributed by atoms with E-state index in [-0.39, 0.29) is 5.54 Å². The van der Waals surface area contributed by atoms with E-state index in [1.165, 1.54) is 5.56 Å². The number of benzene rings is 1. The molecule has 0 spiro atoms. The second-order valence-electron chi connectivity index (χ2n) is 3.77. The van der Waals surface area contributed by atoms with Gasteiger partial charge in [0.25, 0.3) is 0 Å². The first kappa shape index (κ1) is 10.7. The Kier molecular flexibility index (Phi) is 3.59. The van der Waals surface area contributed by atoms with Crippen LogP contribution < -0.4 is 5.32 Å². The van der Waals surface area contributed by atoms with E-state index in [4.69, 9.17) is 0 Å². The average molecular weight is 187 g/mol. The average Bonchev–Trinajstić information content (AvgIpc) is 2.19. The van der Waals surface area contributed by atoms with E-state index in [9.17, 15) is 0 Å². The summed E-state index contributed by atoms with van der Waals surface area (Å²) in [5.74, 6) is 3.01. The van der Waals surface area contributed by atoms with Crippen LogP contribution in [0.3, 0.4) is 0 Å². The summed E-state index contributed by atoms with van der Waals surface area (Å²) in [6.07, 6.45) is 0.887. The van der Waals surface area contributed by atoms with Crippen molar-refractivity contribution in [1.29, 1.82) is 0 Å². The highest BCUT2D eigenvalue weighted by Crippen LogP contribution is 2.18. The number of nitrogens with one attached hydrogen (secondary N) is 1. The van der Waals surface area contributed by atoms with Crippen LogP contribution in [0.25, 0.3) is 0 Å². The molecule has 1 heteroatoms. The summed E-state index contributed by atoms with van der Waals surface area (Å²) in [5, 5.41) is 3.22. The van der Waals surface area contributed by atoms with Crippen molar-refractivity contribution in [1.82, 2.24) is 5.32 Å². The van der Waals surface area contributed by atoms with E-state index in [0.29, 0.717) is 0 Å². The Hall–Kier alpha value is -1.42. The monoisotopic (exact) mass is 187 g/mol. The smallest absolute Gasteiger partial charge is 0.0643 e. The molecule has 0 aliphatic rings. The van der Waals surface area contributed by atoms with E-state index in [2.05, 4.69) is 43.3 Å². The molecule has 1 aromatic carbocycles. The van der Waals surface area contributed by atoms with Crippen LogP contribution in [0.5, 0.6) is 0 Å². The van der Waals surface area contributed by atoms with Crippen LogP contribution in [-0.2, 0) is 5.54 Å². The molecule has 14 heavy (non-hydrogen) atoms. The van der Waals surface area contributed by atoms with Crippen LogP contribution in [-0.4, -0.2) is 0 Å². The van der Waals surface area contributed by atoms with E-state index in [0.717, 1.165) is 6.42 Å². The van der Waals surface area contributed by atoms with E-state index in [1.807, 2.05) is 25.1 Å². The number of hydrogen-bond donors (Lipinski definition) is 1. The molecule has 0 aliphatic carbocycles. The fourth-order valence-corrected chi connectivity index (χ4v) is 1.22. The first-order valence-electron chi connectivity index (χ1n) is 4.97. The Morgan fingerprint density at radius 3 is 2.43 bits per heavy atom. The Bertz CT molecular complexity index is 327. The van der Waals surface area contributed by atoms with Gasteiger partial charge in [0.1, 0.15) is 0 Å². The van der Waals surface area contributed by atoms with Gasteiger partial charge < -0.3 is 5.32 Å². The van der Waals surface area contributed by atoms with E-state index >= 15 is 0 Å². The zero-order valence-corrected chi connectivity index (χ0v) is 9.09. The summed E-state index contributed by atoms with van der Waals surface area (Å²) < 4.78 is 0. The highest BCUT2D eigenvalue weighted by atomic mass is 14.9. The molecule has 0 aromatic heterocycles. The molecule has 1 N–H and O–H groups in total. The molecule has 74 valence electrons. The second kappa shape index (κ2) is 4.72. The standard InChI is InChI=1S/C13H17N/c1-4-5-11-14-13(2,3)12-9-7-6-8-10-12/h6-10,14H,4H2,1-3H3. The van der Waals surface area contributed by atoms with Crippen LogP contribution in [0.15, 0.2) is 30.3 Å². The van der Waals surface area contributed by atoms with Gasteiger partial charge in [-0.1, -0.05) is 43.2 Å². The maximum atomic E-state index is 3.22. The van der Waals surface area contributed by atoms with Gasteiger partial charge in [-0.25, -0.2) is 0 Å². The first-order chi connectivity index (χ1) is 6.67. The van der Waals surface area contributed by atoms with Gasteiger partial charge in [-0.05, 0) is 19.4 Å². The summed E-state index contributed by atoms with van der Waals surface area (Å²) in [6.45, 7) is 6.31. The molecular formula is C13H17N. The molecule has 0 aliphatic heterocycles. The lowest BCUT2D eigenvalue weighted by Crippen LogP contribution is -2.32. The topological polar surface area (TPSA) is 12.0 Å². The van der Waals surface area contributed by atoms with Crippen molar-refractivity contribution < 1.29 is 0 Å². The zero-order chi connectivity index (χ0) is 10.4. The zero-order valence-electron chi connectivity index (χ0n) is 9.09. The Labute approximate surface area is 86.5 Å². The third-order valence-corrected chi connectivity index (χ3v) is 2.14. The van der Waals surface area contributed by atoms with Gasteiger partial charge in [-0.2, -0.15) is 0 Å². The lowest BCUT2D eigenvalue weighted by molar-refractivity contribution is 0.477. The van der Waals surface area contributed by atoms with Crippen molar-refractivity contribution in [2.45, 2.75) is 32.7 Å². The van der Waals surface area contributed by atoms with Gasteiger partial charge in [-0.3, -0.25) is 0 Å². The molecule has 1 aromatic rings. The molecule has 0 unspecified atom stereocenters. The highest BCUT2D eigenvalue weighted by Gasteiger charge is 2.17.